The van der Waals surface area contributed by atoms with Crippen molar-refractivity contribution in [2.24, 2.45) is 11.8 Å². The number of piperidine rings is 1. The van der Waals surface area contributed by atoms with Crippen molar-refractivity contribution in [2.75, 3.05) is 47.3 Å². The molecule has 1 saturated heterocycles. The molecule has 112 valence electrons. The Morgan fingerprint density at radius 1 is 1.05 bits per heavy atom. The van der Waals surface area contributed by atoms with Gasteiger partial charge in [-0.3, -0.25) is 0 Å². The standard InChI is InChI=1S/C16H33N3/c1-17-16-7-5-4-6-15(16)13-19-10-8-14(9-11-19)12-18(2)3/h14-17H,4-13H2,1-3H3. The number of nitrogens with zero attached hydrogens (tertiary/aromatic N) is 2. The van der Waals surface area contributed by atoms with Crippen LogP contribution in [0.15, 0.2) is 0 Å². The molecule has 0 aromatic rings. The Hall–Kier alpha value is -0.120. The van der Waals surface area contributed by atoms with E-state index >= 15 is 0 Å². The fraction of sp³-hybridized carbons (Fsp3) is 1.00. The quantitative estimate of drug-likeness (QED) is 0.822. The monoisotopic (exact) mass is 267 g/mol. The summed E-state index contributed by atoms with van der Waals surface area (Å²) in [5, 5.41) is 3.55. The zero-order valence-electron chi connectivity index (χ0n) is 13.2. The molecule has 2 aliphatic rings. The predicted octanol–water partition coefficient (Wildman–Crippen LogP) is 2.04. The molecule has 0 aromatic heterocycles. The van der Waals surface area contributed by atoms with Gasteiger partial charge in [0.25, 0.3) is 0 Å². The third-order valence-electron chi connectivity index (χ3n) is 5.10. The summed E-state index contributed by atoms with van der Waals surface area (Å²) in [6.07, 6.45) is 8.48. The molecule has 0 amide bonds. The topological polar surface area (TPSA) is 18.5 Å². The van der Waals surface area contributed by atoms with Gasteiger partial charge in [0.05, 0.1) is 0 Å². The Morgan fingerprint density at radius 3 is 2.37 bits per heavy atom. The molecule has 0 bridgehead atoms. The van der Waals surface area contributed by atoms with Gasteiger partial charge >= 0.3 is 0 Å². The molecule has 2 atom stereocenters. The summed E-state index contributed by atoms with van der Waals surface area (Å²) >= 11 is 0. The lowest BCUT2D eigenvalue weighted by Gasteiger charge is -2.39. The van der Waals surface area contributed by atoms with Crippen LogP contribution in [0.3, 0.4) is 0 Å². The van der Waals surface area contributed by atoms with E-state index in [1.807, 2.05) is 0 Å². The summed E-state index contributed by atoms with van der Waals surface area (Å²) in [5.41, 5.74) is 0. The SMILES string of the molecule is CNC1CCCCC1CN1CCC(CN(C)C)CC1. The summed E-state index contributed by atoms with van der Waals surface area (Å²) in [4.78, 5) is 5.07. The van der Waals surface area contributed by atoms with Crippen molar-refractivity contribution in [2.45, 2.75) is 44.6 Å². The van der Waals surface area contributed by atoms with Crippen LogP contribution in [0.4, 0.5) is 0 Å². The third kappa shape index (κ3) is 4.73. The van der Waals surface area contributed by atoms with Gasteiger partial charge in [-0.15, -0.1) is 0 Å². The largest absolute Gasteiger partial charge is 0.317 e. The minimum atomic E-state index is 0.772. The van der Waals surface area contributed by atoms with Crippen LogP contribution in [0.25, 0.3) is 0 Å². The zero-order valence-corrected chi connectivity index (χ0v) is 13.2. The fourth-order valence-electron chi connectivity index (χ4n) is 4.01. The molecule has 2 unspecified atom stereocenters. The van der Waals surface area contributed by atoms with E-state index in [1.54, 1.807) is 0 Å². The minimum absolute atomic E-state index is 0.772. The van der Waals surface area contributed by atoms with Crippen molar-refractivity contribution in [1.82, 2.24) is 15.1 Å². The molecule has 1 N–H and O–H groups in total. The Labute approximate surface area is 119 Å². The molecule has 2 rings (SSSR count). The number of hydrogen-bond acceptors (Lipinski definition) is 3. The van der Waals surface area contributed by atoms with Gasteiger partial charge in [0.1, 0.15) is 0 Å². The first-order valence-corrected chi connectivity index (χ1v) is 8.23. The van der Waals surface area contributed by atoms with Gasteiger partial charge < -0.3 is 15.1 Å². The van der Waals surface area contributed by atoms with E-state index in [2.05, 4.69) is 36.3 Å². The van der Waals surface area contributed by atoms with Crippen molar-refractivity contribution in [1.29, 1.82) is 0 Å². The number of rotatable bonds is 5. The van der Waals surface area contributed by atoms with Crippen LogP contribution < -0.4 is 5.32 Å². The molecule has 2 fully saturated rings. The van der Waals surface area contributed by atoms with E-state index in [9.17, 15) is 0 Å². The lowest BCUT2D eigenvalue weighted by Crippen LogP contribution is -2.45. The lowest BCUT2D eigenvalue weighted by molar-refractivity contribution is 0.120. The smallest absolute Gasteiger partial charge is 0.0104 e. The second kappa shape index (κ2) is 7.61. The van der Waals surface area contributed by atoms with Gasteiger partial charge in [-0.05, 0) is 71.8 Å². The number of nitrogens with one attached hydrogen (secondary N) is 1. The van der Waals surface area contributed by atoms with Crippen LogP contribution in [-0.4, -0.2) is 63.2 Å². The molecule has 0 spiro atoms. The normalized spacial score (nSPS) is 30.9. The van der Waals surface area contributed by atoms with Crippen LogP contribution in [0.2, 0.25) is 0 Å². The summed E-state index contributed by atoms with van der Waals surface area (Å²) in [6.45, 7) is 5.26. The lowest BCUT2D eigenvalue weighted by atomic mass is 9.83. The van der Waals surface area contributed by atoms with Crippen LogP contribution in [0.5, 0.6) is 0 Å². The van der Waals surface area contributed by atoms with Crippen molar-refractivity contribution in [3.63, 3.8) is 0 Å². The van der Waals surface area contributed by atoms with E-state index in [0.717, 1.165) is 17.9 Å². The predicted molar refractivity (Wildman–Crippen MR) is 82.5 cm³/mol. The average molecular weight is 267 g/mol. The van der Waals surface area contributed by atoms with E-state index in [0.29, 0.717) is 0 Å². The zero-order chi connectivity index (χ0) is 13.7. The number of hydrogen-bond donors (Lipinski definition) is 1. The molecule has 1 aliphatic heterocycles. The highest BCUT2D eigenvalue weighted by atomic mass is 15.1. The maximum atomic E-state index is 3.55. The van der Waals surface area contributed by atoms with Gasteiger partial charge in [-0.1, -0.05) is 12.8 Å². The second-order valence-electron chi connectivity index (χ2n) is 6.95. The molecule has 3 heteroatoms. The highest BCUT2D eigenvalue weighted by Gasteiger charge is 2.27. The molecule has 19 heavy (non-hydrogen) atoms. The van der Waals surface area contributed by atoms with Gasteiger partial charge in [0.2, 0.25) is 0 Å². The van der Waals surface area contributed by atoms with Crippen molar-refractivity contribution in [3.05, 3.63) is 0 Å². The van der Waals surface area contributed by atoms with Crippen LogP contribution in [0, 0.1) is 11.8 Å². The molecule has 0 aromatic carbocycles. The average Bonchev–Trinajstić information content (AvgIpc) is 2.41. The molecule has 1 heterocycles. The summed E-state index contributed by atoms with van der Waals surface area (Å²) in [5.74, 6) is 1.82. The minimum Gasteiger partial charge on any atom is -0.317 e. The van der Waals surface area contributed by atoms with Gasteiger partial charge in [-0.25, -0.2) is 0 Å². The molecular formula is C16H33N3. The van der Waals surface area contributed by atoms with Gasteiger partial charge in [0, 0.05) is 19.1 Å². The van der Waals surface area contributed by atoms with Crippen LogP contribution >= 0.6 is 0 Å². The first kappa shape index (κ1) is 15.3. The summed E-state index contributed by atoms with van der Waals surface area (Å²) in [7, 11) is 6.55. The third-order valence-corrected chi connectivity index (χ3v) is 5.10. The Morgan fingerprint density at radius 2 is 1.74 bits per heavy atom. The van der Waals surface area contributed by atoms with E-state index in [-0.39, 0.29) is 0 Å². The van der Waals surface area contributed by atoms with Crippen molar-refractivity contribution >= 4 is 0 Å². The Balaban J connectivity index is 1.72. The maximum Gasteiger partial charge on any atom is 0.0104 e. The summed E-state index contributed by atoms with van der Waals surface area (Å²) < 4.78 is 0. The number of likely N-dealkylation sites (tertiary alicyclic amines) is 1. The maximum absolute atomic E-state index is 3.55. The first-order valence-electron chi connectivity index (χ1n) is 8.23. The Kier molecular flexibility index (Phi) is 6.11. The van der Waals surface area contributed by atoms with E-state index < -0.39 is 0 Å². The van der Waals surface area contributed by atoms with E-state index in [4.69, 9.17) is 0 Å². The Bertz CT molecular complexity index is 246. The first-order chi connectivity index (χ1) is 9.19. The second-order valence-corrected chi connectivity index (χ2v) is 6.95. The van der Waals surface area contributed by atoms with Gasteiger partial charge in [0.15, 0.2) is 0 Å². The van der Waals surface area contributed by atoms with E-state index in [1.165, 1.54) is 64.7 Å². The van der Waals surface area contributed by atoms with Crippen LogP contribution in [0.1, 0.15) is 38.5 Å². The van der Waals surface area contributed by atoms with Crippen LogP contribution in [-0.2, 0) is 0 Å². The fourth-order valence-corrected chi connectivity index (χ4v) is 4.01. The highest BCUT2D eigenvalue weighted by molar-refractivity contribution is 4.84. The molecule has 0 radical (unpaired) electrons. The molecule has 3 nitrogen and oxygen atoms in total. The molecule has 1 aliphatic carbocycles. The highest BCUT2D eigenvalue weighted by Crippen LogP contribution is 2.27. The molecule has 1 saturated carbocycles. The van der Waals surface area contributed by atoms with Gasteiger partial charge in [-0.2, -0.15) is 0 Å². The summed E-state index contributed by atoms with van der Waals surface area (Å²) in [6, 6.07) is 0.772. The van der Waals surface area contributed by atoms with Crippen molar-refractivity contribution in [3.8, 4) is 0 Å². The molecular weight excluding hydrogens is 234 g/mol. The van der Waals surface area contributed by atoms with Crippen molar-refractivity contribution < 1.29 is 0 Å².